The fourth-order valence-electron chi connectivity index (χ4n) is 2.77. The van der Waals surface area contributed by atoms with Crippen molar-refractivity contribution in [2.24, 2.45) is 0 Å². The minimum Gasteiger partial charge on any atom is -0.356 e. The molecule has 7 nitrogen and oxygen atoms in total. The Labute approximate surface area is 159 Å². The van der Waals surface area contributed by atoms with Crippen LogP contribution in [0.4, 0.5) is 5.13 Å². The molecular weight excluding hydrogens is 358 g/mol. The Morgan fingerprint density at radius 1 is 1.07 bits per heavy atom. The van der Waals surface area contributed by atoms with Gasteiger partial charge in [-0.05, 0) is 11.6 Å². The van der Waals surface area contributed by atoms with Crippen molar-refractivity contribution in [3.8, 4) is 17.1 Å². The van der Waals surface area contributed by atoms with E-state index >= 15 is 0 Å². The lowest BCUT2D eigenvalue weighted by Gasteiger charge is -2.04. The van der Waals surface area contributed by atoms with Crippen LogP contribution >= 0.6 is 11.3 Å². The van der Waals surface area contributed by atoms with Gasteiger partial charge >= 0.3 is 0 Å². The number of benzene rings is 1. The number of hydrogen-bond acceptors (Lipinski definition) is 6. The summed E-state index contributed by atoms with van der Waals surface area (Å²) in [5, 5.41) is 8.73. The van der Waals surface area contributed by atoms with Gasteiger partial charge in [-0.15, -0.1) is 5.10 Å². The maximum Gasteiger partial charge on any atom is 0.214 e. The van der Waals surface area contributed by atoms with Crippen LogP contribution in [-0.2, 0) is 6.54 Å². The van der Waals surface area contributed by atoms with Crippen LogP contribution in [0.1, 0.15) is 5.56 Å². The summed E-state index contributed by atoms with van der Waals surface area (Å²) in [5.41, 5.74) is 3.10. The predicted molar refractivity (Wildman–Crippen MR) is 105 cm³/mol. The average Bonchev–Trinajstić information content (AvgIpc) is 3.44. The van der Waals surface area contributed by atoms with E-state index in [1.54, 1.807) is 12.5 Å². The zero-order valence-electron chi connectivity index (χ0n) is 14.2. The van der Waals surface area contributed by atoms with Crippen LogP contribution in [0, 0.1) is 0 Å². The monoisotopic (exact) mass is 373 g/mol. The number of rotatable bonds is 5. The van der Waals surface area contributed by atoms with Crippen molar-refractivity contribution < 1.29 is 0 Å². The molecular formula is C19H15N7S. The summed E-state index contributed by atoms with van der Waals surface area (Å²) in [4.78, 5) is 14.0. The molecule has 0 bridgehead atoms. The van der Waals surface area contributed by atoms with E-state index in [-0.39, 0.29) is 0 Å². The van der Waals surface area contributed by atoms with Crippen LogP contribution in [0.2, 0.25) is 0 Å². The van der Waals surface area contributed by atoms with E-state index in [1.165, 1.54) is 11.3 Å². The first-order valence-corrected chi connectivity index (χ1v) is 9.25. The van der Waals surface area contributed by atoms with Crippen molar-refractivity contribution in [1.82, 2.24) is 29.1 Å². The molecule has 1 N–H and O–H groups in total. The molecule has 8 heteroatoms. The Balaban J connectivity index is 1.28. The van der Waals surface area contributed by atoms with Gasteiger partial charge in [0, 0.05) is 30.7 Å². The molecule has 0 saturated heterocycles. The fraction of sp³-hybridized carbons (Fsp3) is 0.0526. The Hall–Kier alpha value is -3.52. The van der Waals surface area contributed by atoms with Gasteiger partial charge in [0.05, 0.1) is 11.9 Å². The Bertz CT molecular complexity index is 1130. The molecule has 132 valence electrons. The summed E-state index contributed by atoms with van der Waals surface area (Å²) in [5.74, 6) is 0.845. The number of imidazole rings is 2. The van der Waals surface area contributed by atoms with Crippen LogP contribution in [0.15, 0.2) is 73.6 Å². The average molecular weight is 373 g/mol. The molecule has 0 spiro atoms. The van der Waals surface area contributed by atoms with Crippen molar-refractivity contribution in [3.63, 3.8) is 0 Å². The van der Waals surface area contributed by atoms with Crippen LogP contribution < -0.4 is 5.32 Å². The Morgan fingerprint density at radius 3 is 2.74 bits per heavy atom. The number of fused-ring (bicyclic) bond motifs is 1. The fourth-order valence-corrected chi connectivity index (χ4v) is 3.54. The van der Waals surface area contributed by atoms with Gasteiger partial charge in [-0.1, -0.05) is 47.7 Å². The molecule has 5 aromatic rings. The third kappa shape index (κ3) is 3.18. The van der Waals surface area contributed by atoms with Crippen LogP contribution in [0.3, 0.4) is 0 Å². The molecule has 0 aliphatic carbocycles. The second-order valence-corrected chi connectivity index (χ2v) is 6.93. The number of anilines is 1. The lowest BCUT2D eigenvalue weighted by atomic mass is 10.2. The first kappa shape index (κ1) is 15.7. The van der Waals surface area contributed by atoms with Gasteiger partial charge in [-0.2, -0.15) is 0 Å². The minimum absolute atomic E-state index is 0.652. The topological polar surface area (TPSA) is 72.9 Å². The Morgan fingerprint density at radius 2 is 2.00 bits per heavy atom. The highest BCUT2D eigenvalue weighted by atomic mass is 32.1. The van der Waals surface area contributed by atoms with Gasteiger partial charge in [-0.3, -0.25) is 4.57 Å². The Kier molecular flexibility index (Phi) is 3.87. The van der Waals surface area contributed by atoms with E-state index in [2.05, 4.69) is 25.4 Å². The second-order valence-electron chi connectivity index (χ2n) is 5.97. The minimum atomic E-state index is 0.652. The lowest BCUT2D eigenvalue weighted by molar-refractivity contribution is 0.954. The summed E-state index contributed by atoms with van der Waals surface area (Å²) in [7, 11) is 0. The lowest BCUT2D eigenvalue weighted by Crippen LogP contribution is -2.01. The largest absolute Gasteiger partial charge is 0.356 e. The molecule has 27 heavy (non-hydrogen) atoms. The van der Waals surface area contributed by atoms with Gasteiger partial charge in [0.15, 0.2) is 0 Å². The van der Waals surface area contributed by atoms with E-state index < -0.39 is 0 Å². The molecule has 0 saturated carbocycles. The van der Waals surface area contributed by atoms with E-state index in [9.17, 15) is 0 Å². The third-order valence-corrected chi connectivity index (χ3v) is 5.01. The quantitative estimate of drug-likeness (QED) is 0.509. The summed E-state index contributed by atoms with van der Waals surface area (Å²) in [6, 6.07) is 14.1. The normalized spacial score (nSPS) is 11.1. The summed E-state index contributed by atoms with van der Waals surface area (Å²) < 4.78 is 3.69. The number of hydrogen-bond donors (Lipinski definition) is 1. The van der Waals surface area contributed by atoms with E-state index in [0.717, 1.165) is 32.7 Å². The highest BCUT2D eigenvalue weighted by molar-refractivity contribution is 7.20. The van der Waals surface area contributed by atoms with Crippen molar-refractivity contribution in [1.29, 1.82) is 0 Å². The van der Waals surface area contributed by atoms with Crippen molar-refractivity contribution >= 4 is 21.4 Å². The number of nitrogens with zero attached hydrogens (tertiary/aromatic N) is 6. The van der Waals surface area contributed by atoms with E-state index in [4.69, 9.17) is 0 Å². The first-order valence-electron chi connectivity index (χ1n) is 8.44. The second kappa shape index (κ2) is 6.65. The zero-order valence-corrected chi connectivity index (χ0v) is 15.0. The third-order valence-electron chi connectivity index (χ3n) is 4.13. The van der Waals surface area contributed by atoms with Crippen LogP contribution in [-0.4, -0.2) is 29.1 Å². The zero-order chi connectivity index (χ0) is 18.1. The smallest absolute Gasteiger partial charge is 0.214 e. The molecule has 0 atom stereocenters. The molecule has 0 aliphatic heterocycles. The van der Waals surface area contributed by atoms with E-state index in [1.807, 2.05) is 70.1 Å². The summed E-state index contributed by atoms with van der Waals surface area (Å²) in [6.07, 6.45) is 9.15. The standard InChI is InChI=1S/C19H15N7S/c1-2-4-15(5-3-1)16-12-26-19(23-16)27-18(24-26)22-11-14-6-7-17(21-10-14)25-9-8-20-13-25/h1-10,12-13H,11H2,(H,22,24). The van der Waals surface area contributed by atoms with Crippen molar-refractivity contribution in [2.45, 2.75) is 6.54 Å². The van der Waals surface area contributed by atoms with Gasteiger partial charge in [-0.25, -0.2) is 19.5 Å². The first-order chi connectivity index (χ1) is 13.3. The number of pyridine rings is 1. The highest BCUT2D eigenvalue weighted by Gasteiger charge is 2.09. The van der Waals surface area contributed by atoms with E-state index in [0.29, 0.717) is 6.54 Å². The van der Waals surface area contributed by atoms with Gasteiger partial charge in [0.1, 0.15) is 12.1 Å². The summed E-state index contributed by atoms with van der Waals surface area (Å²) >= 11 is 1.53. The number of nitrogens with one attached hydrogen (secondary N) is 1. The SMILES string of the molecule is c1ccc(-c2cn3nc(NCc4ccc(-n5ccnc5)nc4)sc3n2)cc1. The molecule has 5 rings (SSSR count). The maximum absolute atomic E-state index is 4.66. The molecule has 0 amide bonds. The maximum atomic E-state index is 4.66. The van der Waals surface area contributed by atoms with Gasteiger partial charge in [0.2, 0.25) is 10.1 Å². The van der Waals surface area contributed by atoms with Crippen molar-refractivity contribution in [2.75, 3.05) is 5.32 Å². The van der Waals surface area contributed by atoms with Crippen LogP contribution in [0.5, 0.6) is 0 Å². The van der Waals surface area contributed by atoms with Gasteiger partial charge in [0.25, 0.3) is 0 Å². The molecule has 0 aliphatic rings. The molecule has 4 aromatic heterocycles. The van der Waals surface area contributed by atoms with Crippen LogP contribution in [0.25, 0.3) is 22.0 Å². The molecule has 1 aromatic carbocycles. The van der Waals surface area contributed by atoms with Gasteiger partial charge < -0.3 is 5.32 Å². The van der Waals surface area contributed by atoms with Crippen molar-refractivity contribution in [3.05, 3.63) is 79.1 Å². The molecule has 0 unspecified atom stereocenters. The molecule has 0 fully saturated rings. The number of aromatic nitrogens is 6. The summed E-state index contributed by atoms with van der Waals surface area (Å²) in [6.45, 7) is 0.652. The molecule has 4 heterocycles. The molecule has 0 radical (unpaired) electrons. The predicted octanol–water partition coefficient (Wildman–Crippen LogP) is 3.65. The highest BCUT2D eigenvalue weighted by Crippen LogP contribution is 2.24.